The number of rotatable bonds is 1. The van der Waals surface area contributed by atoms with Crippen molar-refractivity contribution in [1.29, 1.82) is 0 Å². The fourth-order valence-corrected chi connectivity index (χ4v) is 4.03. The van der Waals surface area contributed by atoms with Crippen molar-refractivity contribution in [2.45, 2.75) is 38.6 Å². The van der Waals surface area contributed by atoms with Crippen molar-refractivity contribution in [3.05, 3.63) is 34.0 Å². The molecule has 1 amide bonds. The molecular formula is C15H19NOS. The van der Waals surface area contributed by atoms with E-state index in [4.69, 9.17) is 0 Å². The number of hydrogen-bond acceptors (Lipinski definition) is 2. The van der Waals surface area contributed by atoms with E-state index in [0.29, 0.717) is 5.91 Å². The lowest BCUT2D eigenvalue weighted by Gasteiger charge is -2.36. The molecule has 96 valence electrons. The SMILES string of the molecule is C[C@H]1c2ccsc2CCN1C(=O)[C@@H]1CC=CCC1. The third-order valence-electron chi connectivity index (χ3n) is 4.18. The van der Waals surface area contributed by atoms with Crippen LogP contribution in [0.1, 0.15) is 42.7 Å². The third kappa shape index (κ3) is 2.01. The Kier molecular flexibility index (Phi) is 3.25. The standard InChI is InChI=1S/C15H19NOS/c1-11-13-8-10-18-14(13)7-9-16(11)15(17)12-5-3-2-4-6-12/h2-3,8,10-12H,4-7,9H2,1H3/t11-,12+/m0/s1. The molecular weight excluding hydrogens is 242 g/mol. The summed E-state index contributed by atoms with van der Waals surface area (Å²) in [5.41, 5.74) is 1.37. The van der Waals surface area contributed by atoms with Gasteiger partial charge in [-0.25, -0.2) is 0 Å². The summed E-state index contributed by atoms with van der Waals surface area (Å²) in [5, 5.41) is 2.15. The monoisotopic (exact) mass is 261 g/mol. The average Bonchev–Trinajstić information content (AvgIpc) is 2.89. The summed E-state index contributed by atoms with van der Waals surface area (Å²) in [4.78, 5) is 16.2. The zero-order chi connectivity index (χ0) is 12.5. The second-order valence-electron chi connectivity index (χ2n) is 5.24. The highest BCUT2D eigenvalue weighted by molar-refractivity contribution is 7.10. The Morgan fingerprint density at radius 3 is 3.11 bits per heavy atom. The number of fused-ring (bicyclic) bond motifs is 1. The molecule has 1 aromatic heterocycles. The zero-order valence-electron chi connectivity index (χ0n) is 10.8. The van der Waals surface area contributed by atoms with E-state index >= 15 is 0 Å². The van der Waals surface area contributed by atoms with E-state index in [1.54, 1.807) is 0 Å². The Hall–Kier alpha value is -1.09. The summed E-state index contributed by atoms with van der Waals surface area (Å²) < 4.78 is 0. The number of allylic oxidation sites excluding steroid dienone is 2. The molecule has 0 radical (unpaired) electrons. The smallest absolute Gasteiger partial charge is 0.226 e. The van der Waals surface area contributed by atoms with E-state index in [1.807, 2.05) is 11.3 Å². The predicted octanol–water partition coefficient (Wildman–Crippen LogP) is 3.55. The molecule has 0 aromatic carbocycles. The quantitative estimate of drug-likeness (QED) is 0.708. The largest absolute Gasteiger partial charge is 0.335 e. The van der Waals surface area contributed by atoms with Crippen LogP contribution in [0.15, 0.2) is 23.6 Å². The first kappa shape index (κ1) is 12.0. The highest BCUT2D eigenvalue weighted by Gasteiger charge is 2.32. The zero-order valence-corrected chi connectivity index (χ0v) is 11.6. The first-order chi connectivity index (χ1) is 8.77. The summed E-state index contributed by atoms with van der Waals surface area (Å²) in [6.45, 7) is 3.06. The number of thiophene rings is 1. The van der Waals surface area contributed by atoms with Crippen LogP contribution in [-0.2, 0) is 11.2 Å². The maximum absolute atomic E-state index is 12.6. The minimum Gasteiger partial charge on any atom is -0.335 e. The van der Waals surface area contributed by atoms with Crippen LogP contribution in [0.4, 0.5) is 0 Å². The van der Waals surface area contributed by atoms with E-state index in [-0.39, 0.29) is 12.0 Å². The fraction of sp³-hybridized carbons (Fsp3) is 0.533. The van der Waals surface area contributed by atoms with Gasteiger partial charge in [0.05, 0.1) is 6.04 Å². The first-order valence-corrected chi connectivity index (χ1v) is 7.67. The molecule has 18 heavy (non-hydrogen) atoms. The molecule has 1 aliphatic heterocycles. The maximum Gasteiger partial charge on any atom is 0.226 e. The van der Waals surface area contributed by atoms with Gasteiger partial charge in [-0.1, -0.05) is 12.2 Å². The first-order valence-electron chi connectivity index (χ1n) is 6.79. The van der Waals surface area contributed by atoms with Gasteiger partial charge in [0.25, 0.3) is 0 Å². The molecule has 0 saturated heterocycles. The van der Waals surface area contributed by atoms with E-state index in [9.17, 15) is 4.79 Å². The fourth-order valence-electron chi connectivity index (χ4n) is 3.06. The van der Waals surface area contributed by atoms with E-state index in [1.165, 1.54) is 10.4 Å². The minimum absolute atomic E-state index is 0.220. The van der Waals surface area contributed by atoms with E-state index in [0.717, 1.165) is 32.2 Å². The number of nitrogens with zero attached hydrogens (tertiary/aromatic N) is 1. The van der Waals surface area contributed by atoms with Crippen LogP contribution in [0.5, 0.6) is 0 Å². The van der Waals surface area contributed by atoms with Crippen LogP contribution in [0, 0.1) is 5.92 Å². The van der Waals surface area contributed by atoms with E-state index < -0.39 is 0 Å². The molecule has 2 nitrogen and oxygen atoms in total. The third-order valence-corrected chi connectivity index (χ3v) is 5.18. The van der Waals surface area contributed by atoms with Crippen molar-refractivity contribution < 1.29 is 4.79 Å². The molecule has 0 saturated carbocycles. The molecule has 0 spiro atoms. The molecule has 3 heteroatoms. The van der Waals surface area contributed by atoms with Crippen molar-refractivity contribution in [2.75, 3.05) is 6.54 Å². The van der Waals surface area contributed by atoms with Gasteiger partial charge in [0.15, 0.2) is 0 Å². The molecule has 1 aliphatic carbocycles. The summed E-state index contributed by atoms with van der Waals surface area (Å²) in [6.07, 6.45) is 8.40. The van der Waals surface area contributed by atoms with Gasteiger partial charge in [0.1, 0.15) is 0 Å². The Labute approximate surface area is 112 Å². The lowest BCUT2D eigenvalue weighted by molar-refractivity contribution is -0.138. The number of amides is 1. The highest BCUT2D eigenvalue weighted by atomic mass is 32.1. The van der Waals surface area contributed by atoms with Gasteiger partial charge in [-0.3, -0.25) is 4.79 Å². The van der Waals surface area contributed by atoms with Gasteiger partial charge in [0.2, 0.25) is 5.91 Å². The summed E-state index contributed by atoms with van der Waals surface area (Å²) in [5.74, 6) is 0.585. The molecule has 0 bridgehead atoms. The van der Waals surface area contributed by atoms with Crippen molar-refractivity contribution >= 4 is 17.2 Å². The topological polar surface area (TPSA) is 20.3 Å². The molecule has 2 heterocycles. The molecule has 2 aliphatic rings. The van der Waals surface area contributed by atoms with Crippen molar-refractivity contribution in [1.82, 2.24) is 4.90 Å². The molecule has 1 aromatic rings. The van der Waals surface area contributed by atoms with Crippen LogP contribution >= 0.6 is 11.3 Å². The molecule has 0 N–H and O–H groups in total. The van der Waals surface area contributed by atoms with Gasteiger partial charge in [0, 0.05) is 17.3 Å². The van der Waals surface area contributed by atoms with Gasteiger partial charge >= 0.3 is 0 Å². The number of carbonyl (C=O) groups is 1. The van der Waals surface area contributed by atoms with Gasteiger partial charge in [-0.15, -0.1) is 11.3 Å². The lowest BCUT2D eigenvalue weighted by Crippen LogP contribution is -2.41. The average molecular weight is 261 g/mol. The van der Waals surface area contributed by atoms with Crippen LogP contribution in [0.3, 0.4) is 0 Å². The van der Waals surface area contributed by atoms with Crippen molar-refractivity contribution in [3.8, 4) is 0 Å². The normalized spacial score (nSPS) is 27.1. The molecule has 2 atom stereocenters. The van der Waals surface area contributed by atoms with Crippen LogP contribution in [0.2, 0.25) is 0 Å². The van der Waals surface area contributed by atoms with E-state index in [2.05, 4.69) is 35.4 Å². The Balaban J connectivity index is 1.77. The summed E-state index contributed by atoms with van der Waals surface area (Å²) >= 11 is 1.83. The second-order valence-corrected chi connectivity index (χ2v) is 6.24. The van der Waals surface area contributed by atoms with Crippen LogP contribution < -0.4 is 0 Å². The van der Waals surface area contributed by atoms with Gasteiger partial charge in [-0.05, 0) is 49.6 Å². The van der Waals surface area contributed by atoms with Crippen molar-refractivity contribution in [3.63, 3.8) is 0 Å². The predicted molar refractivity (Wildman–Crippen MR) is 74.6 cm³/mol. The van der Waals surface area contributed by atoms with Gasteiger partial charge in [-0.2, -0.15) is 0 Å². The number of carbonyl (C=O) groups excluding carboxylic acids is 1. The molecule has 3 rings (SSSR count). The summed E-state index contributed by atoms with van der Waals surface area (Å²) in [7, 11) is 0. The summed E-state index contributed by atoms with van der Waals surface area (Å²) in [6, 6.07) is 2.45. The Morgan fingerprint density at radius 2 is 2.33 bits per heavy atom. The lowest BCUT2D eigenvalue weighted by atomic mass is 9.91. The second kappa shape index (κ2) is 4.88. The maximum atomic E-state index is 12.6. The Bertz CT molecular complexity index is 477. The number of hydrogen-bond donors (Lipinski definition) is 0. The Morgan fingerprint density at radius 1 is 1.44 bits per heavy atom. The molecule has 0 unspecified atom stereocenters. The van der Waals surface area contributed by atoms with Gasteiger partial charge < -0.3 is 4.90 Å². The molecule has 0 fully saturated rings. The van der Waals surface area contributed by atoms with Crippen LogP contribution in [0.25, 0.3) is 0 Å². The highest BCUT2D eigenvalue weighted by Crippen LogP contribution is 2.34. The minimum atomic E-state index is 0.220. The van der Waals surface area contributed by atoms with Crippen molar-refractivity contribution in [2.24, 2.45) is 5.92 Å². The van der Waals surface area contributed by atoms with Crippen LogP contribution in [-0.4, -0.2) is 17.4 Å².